The molecule has 2 aromatic rings. The highest BCUT2D eigenvalue weighted by molar-refractivity contribution is 5.79. The molecule has 0 spiro atoms. The van der Waals surface area contributed by atoms with Crippen LogP contribution in [0, 0.1) is 0 Å². The van der Waals surface area contributed by atoms with Crippen molar-refractivity contribution in [1.82, 2.24) is 15.5 Å². The molecule has 0 saturated carbocycles. The number of nitrogens with one attached hydrogen (secondary N) is 2. The Bertz CT molecular complexity index is 1140. The van der Waals surface area contributed by atoms with Crippen molar-refractivity contribution in [2.45, 2.75) is 38.5 Å². The van der Waals surface area contributed by atoms with Crippen LogP contribution in [0.15, 0.2) is 36.4 Å². The molecular formula is C26H31N3O7. The first-order valence-electron chi connectivity index (χ1n) is 11.8. The lowest BCUT2D eigenvalue weighted by Crippen LogP contribution is -2.46. The van der Waals surface area contributed by atoms with Gasteiger partial charge in [-0.2, -0.15) is 0 Å². The summed E-state index contributed by atoms with van der Waals surface area (Å²) < 4.78 is 22.8. The van der Waals surface area contributed by atoms with Crippen LogP contribution in [0.3, 0.4) is 0 Å². The molecule has 5 heterocycles. The van der Waals surface area contributed by atoms with Crippen LogP contribution in [-0.4, -0.2) is 68.7 Å². The molecule has 0 aromatic heterocycles. The van der Waals surface area contributed by atoms with Crippen LogP contribution in [0.2, 0.25) is 0 Å². The lowest BCUT2D eigenvalue weighted by atomic mass is 10.1. The summed E-state index contributed by atoms with van der Waals surface area (Å²) in [5, 5.41) is 5.87. The van der Waals surface area contributed by atoms with Crippen LogP contribution in [-0.2, 0) is 27.3 Å². The number of ether oxygens (including phenoxy) is 4. The van der Waals surface area contributed by atoms with Gasteiger partial charge in [0.2, 0.25) is 11.8 Å². The fourth-order valence-corrected chi connectivity index (χ4v) is 4.33. The van der Waals surface area contributed by atoms with Gasteiger partial charge in [-0.3, -0.25) is 14.4 Å². The van der Waals surface area contributed by atoms with E-state index in [4.69, 9.17) is 18.9 Å². The number of amides is 3. The molecule has 4 bridgehead atoms. The van der Waals surface area contributed by atoms with Crippen LogP contribution >= 0.6 is 0 Å². The highest BCUT2D eigenvalue weighted by atomic mass is 16.5. The van der Waals surface area contributed by atoms with E-state index in [-0.39, 0.29) is 24.3 Å². The fraction of sp³-hybridized carbons (Fsp3) is 0.423. The molecule has 0 aliphatic carbocycles. The zero-order valence-corrected chi connectivity index (χ0v) is 20.7. The largest absolute Gasteiger partial charge is 0.496 e. The third kappa shape index (κ3) is 5.99. The molecule has 0 unspecified atom stereocenters. The topological polar surface area (TPSA) is 115 Å². The number of hydrogen-bond acceptors (Lipinski definition) is 7. The van der Waals surface area contributed by atoms with Gasteiger partial charge >= 0.3 is 0 Å². The number of carbonyl (C=O) groups is 3. The summed E-state index contributed by atoms with van der Waals surface area (Å²) in [6.07, 6.45) is 0.348. The van der Waals surface area contributed by atoms with Crippen LogP contribution in [0.4, 0.5) is 0 Å². The number of carbonyl (C=O) groups excluding carboxylic acids is 3. The predicted octanol–water partition coefficient (Wildman–Crippen LogP) is 1.44. The van der Waals surface area contributed by atoms with Gasteiger partial charge in [-0.1, -0.05) is 6.07 Å². The minimum atomic E-state index is -0.465. The van der Waals surface area contributed by atoms with Gasteiger partial charge in [0.25, 0.3) is 5.91 Å². The maximum Gasteiger partial charge on any atom is 0.258 e. The average Bonchev–Trinajstić information content (AvgIpc) is 3.27. The molecule has 36 heavy (non-hydrogen) atoms. The van der Waals surface area contributed by atoms with Crippen LogP contribution < -0.4 is 29.6 Å². The van der Waals surface area contributed by atoms with Crippen molar-refractivity contribution in [3.63, 3.8) is 0 Å². The lowest BCUT2D eigenvalue weighted by molar-refractivity contribution is -0.128. The molecule has 2 N–H and O–H groups in total. The Balaban J connectivity index is 1.61. The van der Waals surface area contributed by atoms with Crippen LogP contribution in [0.5, 0.6) is 23.0 Å². The van der Waals surface area contributed by atoms with E-state index in [2.05, 4.69) is 10.6 Å². The van der Waals surface area contributed by atoms with Crippen LogP contribution in [0.1, 0.15) is 24.5 Å². The first-order chi connectivity index (χ1) is 17.4. The number of hydrogen-bond donors (Lipinski definition) is 2. The normalized spacial score (nSPS) is 20.5. The zero-order valence-electron chi connectivity index (χ0n) is 20.7. The summed E-state index contributed by atoms with van der Waals surface area (Å²) in [6, 6.07) is 10.3. The van der Waals surface area contributed by atoms with Crippen molar-refractivity contribution >= 4 is 17.7 Å². The minimum Gasteiger partial charge on any atom is -0.496 e. The van der Waals surface area contributed by atoms with Gasteiger partial charge in [0, 0.05) is 38.1 Å². The van der Waals surface area contributed by atoms with Crippen molar-refractivity contribution in [1.29, 1.82) is 0 Å². The Morgan fingerprint density at radius 2 is 1.81 bits per heavy atom. The Hall–Kier alpha value is -3.95. The smallest absolute Gasteiger partial charge is 0.258 e. The standard InChI is InChI=1S/C26H31N3O7/c1-16(30)29-13-20-24(14-29)36-19-7-6-18(22(11-19)33-2)12-27-25(31)9-5-17-4-8-21(23(10-17)34-3)35-15-26(32)28-20/h4,6-8,10-11,20,24H,5,9,12-15H2,1-3H3,(H,27,31)(H,28,32)/t20-,24-/m1/s1. The molecule has 0 radical (unpaired) electrons. The van der Waals surface area contributed by atoms with Gasteiger partial charge in [0.1, 0.15) is 17.6 Å². The number of benzene rings is 2. The summed E-state index contributed by atoms with van der Waals surface area (Å²) in [6.45, 7) is 2.21. The van der Waals surface area contributed by atoms with Gasteiger partial charge in [0.15, 0.2) is 18.1 Å². The summed E-state index contributed by atoms with van der Waals surface area (Å²) in [5.41, 5.74) is 1.71. The van der Waals surface area contributed by atoms with Crippen molar-refractivity contribution in [2.24, 2.45) is 0 Å². The number of methoxy groups -OCH3 is 2. The van der Waals surface area contributed by atoms with Crippen LogP contribution in [0.25, 0.3) is 0 Å². The molecule has 192 valence electrons. The molecule has 2 atom stereocenters. The molecule has 10 nitrogen and oxygen atoms in total. The highest BCUT2D eigenvalue weighted by Crippen LogP contribution is 2.29. The Morgan fingerprint density at radius 1 is 1.00 bits per heavy atom. The molecule has 5 aliphatic rings. The highest BCUT2D eigenvalue weighted by Gasteiger charge is 2.37. The van der Waals surface area contributed by atoms with Gasteiger partial charge < -0.3 is 34.5 Å². The van der Waals surface area contributed by atoms with Crippen molar-refractivity contribution in [3.05, 3.63) is 47.5 Å². The predicted molar refractivity (Wildman–Crippen MR) is 130 cm³/mol. The number of rotatable bonds is 2. The summed E-state index contributed by atoms with van der Waals surface area (Å²) in [7, 11) is 3.07. The Morgan fingerprint density at radius 3 is 2.56 bits per heavy atom. The second kappa shape index (κ2) is 11.2. The molecule has 5 aliphatic heterocycles. The third-order valence-corrected chi connectivity index (χ3v) is 6.31. The van der Waals surface area contributed by atoms with E-state index in [9.17, 15) is 14.4 Å². The molecular weight excluding hydrogens is 466 g/mol. The fourth-order valence-electron chi connectivity index (χ4n) is 4.33. The monoisotopic (exact) mass is 497 g/mol. The second-order valence-corrected chi connectivity index (χ2v) is 8.78. The first-order valence-corrected chi connectivity index (χ1v) is 11.8. The molecule has 10 heteroatoms. The summed E-state index contributed by atoms with van der Waals surface area (Å²) >= 11 is 0. The second-order valence-electron chi connectivity index (χ2n) is 8.78. The first kappa shape index (κ1) is 25.2. The van der Waals surface area contributed by atoms with Gasteiger partial charge in [-0.15, -0.1) is 0 Å². The maximum atomic E-state index is 12.7. The number of likely N-dealkylation sites (tertiary alicyclic amines) is 1. The quantitative estimate of drug-likeness (QED) is 0.645. The van der Waals surface area contributed by atoms with Crippen molar-refractivity contribution in [3.8, 4) is 23.0 Å². The van der Waals surface area contributed by atoms with E-state index in [0.717, 1.165) is 11.1 Å². The Labute approximate surface area is 209 Å². The average molecular weight is 498 g/mol. The van der Waals surface area contributed by atoms with Gasteiger partial charge in [-0.25, -0.2) is 0 Å². The molecule has 7 rings (SSSR count). The van der Waals surface area contributed by atoms with E-state index in [1.54, 1.807) is 36.3 Å². The Kier molecular flexibility index (Phi) is 7.82. The third-order valence-electron chi connectivity index (χ3n) is 6.31. The van der Waals surface area contributed by atoms with E-state index in [0.29, 0.717) is 55.5 Å². The van der Waals surface area contributed by atoms with Crippen molar-refractivity contribution in [2.75, 3.05) is 33.9 Å². The van der Waals surface area contributed by atoms with E-state index < -0.39 is 12.1 Å². The molecule has 3 amide bonds. The maximum absolute atomic E-state index is 12.7. The van der Waals surface area contributed by atoms with E-state index in [1.807, 2.05) is 12.1 Å². The molecule has 1 saturated heterocycles. The van der Waals surface area contributed by atoms with E-state index in [1.165, 1.54) is 14.0 Å². The van der Waals surface area contributed by atoms with Crippen molar-refractivity contribution < 1.29 is 33.3 Å². The number of aryl methyl sites for hydroxylation is 1. The van der Waals surface area contributed by atoms with E-state index >= 15 is 0 Å². The number of nitrogens with zero attached hydrogens (tertiary/aromatic N) is 1. The minimum absolute atomic E-state index is 0.0964. The van der Waals surface area contributed by atoms with Gasteiger partial charge in [-0.05, 0) is 36.2 Å². The summed E-state index contributed by atoms with van der Waals surface area (Å²) in [4.78, 5) is 38.9. The molecule has 1 fully saturated rings. The van der Waals surface area contributed by atoms with Gasteiger partial charge in [0.05, 0.1) is 26.8 Å². The zero-order chi connectivity index (χ0) is 25.7. The SMILES string of the molecule is COc1cc2ccc1CNC(=O)CCc1ccc(c(OC)c1)OCC(=O)N[C@@H]1CN(C(C)=O)C[C@H]1O2. The molecule has 2 aromatic carbocycles. The lowest BCUT2D eigenvalue weighted by Gasteiger charge is -2.22. The summed E-state index contributed by atoms with van der Waals surface area (Å²) in [5.74, 6) is 1.46.